The Kier molecular flexibility index (Phi) is 4.15. The Labute approximate surface area is 88.5 Å². The van der Waals surface area contributed by atoms with Gasteiger partial charge in [-0.15, -0.1) is 0 Å². The third kappa shape index (κ3) is 4.01. The third-order valence-electron chi connectivity index (χ3n) is 2.32. The van der Waals surface area contributed by atoms with E-state index in [4.69, 9.17) is 5.11 Å². The predicted molar refractivity (Wildman–Crippen MR) is 55.5 cm³/mol. The van der Waals surface area contributed by atoms with Gasteiger partial charge in [-0.3, -0.25) is 4.79 Å². The van der Waals surface area contributed by atoms with E-state index in [1.165, 1.54) is 6.92 Å². The molecule has 2 amide bonds. The Morgan fingerprint density at radius 2 is 2.20 bits per heavy atom. The van der Waals surface area contributed by atoms with Gasteiger partial charge in [0.15, 0.2) is 0 Å². The quantitative estimate of drug-likeness (QED) is 0.607. The van der Waals surface area contributed by atoms with Crippen LogP contribution in [-0.2, 0) is 4.79 Å². The van der Waals surface area contributed by atoms with Crippen LogP contribution in [0.3, 0.4) is 0 Å². The van der Waals surface area contributed by atoms with Gasteiger partial charge in [0.2, 0.25) is 0 Å². The number of carbonyl (C=O) groups excluding carboxylic acids is 1. The van der Waals surface area contributed by atoms with Crippen molar-refractivity contribution in [3.63, 3.8) is 0 Å². The maximum Gasteiger partial charge on any atom is 0.325 e. The maximum absolute atomic E-state index is 11.3. The van der Waals surface area contributed by atoms with Gasteiger partial charge in [0.25, 0.3) is 0 Å². The number of rotatable bonds is 3. The SMILES string of the molecule is C[C@@H](NC(=O)NC1CC=CCC1)C(=O)O. The molecule has 5 heteroatoms. The van der Waals surface area contributed by atoms with Gasteiger partial charge in [0.05, 0.1) is 0 Å². The zero-order valence-electron chi connectivity index (χ0n) is 8.69. The summed E-state index contributed by atoms with van der Waals surface area (Å²) in [6.07, 6.45) is 6.78. The number of hydrogen-bond donors (Lipinski definition) is 3. The van der Waals surface area contributed by atoms with E-state index in [0.717, 1.165) is 19.3 Å². The summed E-state index contributed by atoms with van der Waals surface area (Å²) in [7, 11) is 0. The molecule has 1 unspecified atom stereocenters. The van der Waals surface area contributed by atoms with Crippen molar-refractivity contribution in [3.8, 4) is 0 Å². The summed E-state index contributed by atoms with van der Waals surface area (Å²) in [4.78, 5) is 21.8. The summed E-state index contributed by atoms with van der Waals surface area (Å²) in [5, 5.41) is 13.7. The molecule has 0 radical (unpaired) electrons. The van der Waals surface area contributed by atoms with Crippen molar-refractivity contribution < 1.29 is 14.7 Å². The number of carbonyl (C=O) groups is 2. The predicted octanol–water partition coefficient (Wildman–Crippen LogP) is 0.867. The normalized spacial score (nSPS) is 21.8. The zero-order valence-corrected chi connectivity index (χ0v) is 8.69. The Bertz CT molecular complexity index is 276. The number of carboxylic acid groups (broad SMARTS) is 1. The molecule has 0 spiro atoms. The standard InChI is InChI=1S/C10H16N2O3/c1-7(9(13)14)11-10(15)12-8-5-3-2-4-6-8/h2-3,7-8H,4-6H2,1H3,(H,13,14)(H2,11,12,15)/t7-,8?/m1/s1. The second-order valence-electron chi connectivity index (χ2n) is 3.66. The Morgan fingerprint density at radius 3 is 2.73 bits per heavy atom. The minimum atomic E-state index is -1.03. The fraction of sp³-hybridized carbons (Fsp3) is 0.600. The monoisotopic (exact) mass is 212 g/mol. The summed E-state index contributed by atoms with van der Waals surface area (Å²) in [6.45, 7) is 1.43. The molecular weight excluding hydrogens is 196 g/mol. The van der Waals surface area contributed by atoms with Gasteiger partial charge in [-0.1, -0.05) is 12.2 Å². The second kappa shape index (κ2) is 5.38. The molecule has 84 valence electrons. The number of allylic oxidation sites excluding steroid dienone is 1. The van der Waals surface area contributed by atoms with Crippen molar-refractivity contribution >= 4 is 12.0 Å². The number of hydrogen-bond acceptors (Lipinski definition) is 2. The van der Waals surface area contributed by atoms with Crippen LogP contribution in [0.15, 0.2) is 12.2 Å². The summed E-state index contributed by atoms with van der Waals surface area (Å²) in [6, 6.07) is -1.15. The van der Waals surface area contributed by atoms with Gasteiger partial charge in [0, 0.05) is 6.04 Å². The van der Waals surface area contributed by atoms with Crippen molar-refractivity contribution in [2.75, 3.05) is 0 Å². The summed E-state index contributed by atoms with van der Waals surface area (Å²) in [5.74, 6) is -1.03. The molecule has 3 N–H and O–H groups in total. The van der Waals surface area contributed by atoms with Crippen molar-refractivity contribution in [3.05, 3.63) is 12.2 Å². The van der Waals surface area contributed by atoms with E-state index < -0.39 is 18.0 Å². The molecule has 1 aliphatic carbocycles. The lowest BCUT2D eigenvalue weighted by Crippen LogP contribution is -2.47. The third-order valence-corrected chi connectivity index (χ3v) is 2.32. The molecule has 0 aromatic carbocycles. The minimum absolute atomic E-state index is 0.121. The lowest BCUT2D eigenvalue weighted by atomic mass is 10.0. The van der Waals surface area contributed by atoms with Crippen molar-refractivity contribution in [2.24, 2.45) is 0 Å². The van der Waals surface area contributed by atoms with Crippen LogP contribution in [0.1, 0.15) is 26.2 Å². The molecule has 15 heavy (non-hydrogen) atoms. The van der Waals surface area contributed by atoms with Crippen LogP contribution in [-0.4, -0.2) is 29.2 Å². The van der Waals surface area contributed by atoms with E-state index in [1.807, 2.05) is 6.08 Å². The van der Waals surface area contributed by atoms with E-state index >= 15 is 0 Å². The molecule has 0 aromatic heterocycles. The fourth-order valence-corrected chi connectivity index (χ4v) is 1.41. The first-order chi connectivity index (χ1) is 7.09. The fourth-order valence-electron chi connectivity index (χ4n) is 1.41. The molecule has 0 bridgehead atoms. The Hall–Kier alpha value is -1.52. The first-order valence-corrected chi connectivity index (χ1v) is 5.04. The first kappa shape index (κ1) is 11.6. The van der Waals surface area contributed by atoms with Gasteiger partial charge >= 0.3 is 12.0 Å². The number of carboxylic acids is 1. The smallest absolute Gasteiger partial charge is 0.325 e. The van der Waals surface area contributed by atoms with Crippen molar-refractivity contribution in [2.45, 2.75) is 38.3 Å². The largest absolute Gasteiger partial charge is 0.480 e. The lowest BCUT2D eigenvalue weighted by molar-refractivity contribution is -0.138. The average molecular weight is 212 g/mol. The van der Waals surface area contributed by atoms with E-state index in [-0.39, 0.29) is 6.04 Å². The van der Waals surface area contributed by atoms with Crippen LogP contribution < -0.4 is 10.6 Å². The molecule has 2 atom stereocenters. The highest BCUT2D eigenvalue weighted by molar-refractivity contribution is 5.82. The van der Waals surface area contributed by atoms with Crippen LogP contribution >= 0.6 is 0 Å². The van der Waals surface area contributed by atoms with Crippen LogP contribution in [0, 0.1) is 0 Å². The number of urea groups is 1. The van der Waals surface area contributed by atoms with Crippen LogP contribution in [0.2, 0.25) is 0 Å². The molecule has 1 rings (SSSR count). The van der Waals surface area contributed by atoms with Gasteiger partial charge in [-0.25, -0.2) is 4.79 Å². The highest BCUT2D eigenvalue weighted by atomic mass is 16.4. The Balaban J connectivity index is 2.29. The maximum atomic E-state index is 11.3. The molecular formula is C10H16N2O3. The van der Waals surface area contributed by atoms with Crippen LogP contribution in [0.5, 0.6) is 0 Å². The van der Waals surface area contributed by atoms with Gasteiger partial charge in [0.1, 0.15) is 6.04 Å². The zero-order chi connectivity index (χ0) is 11.3. The molecule has 0 fully saturated rings. The van der Waals surface area contributed by atoms with E-state index in [2.05, 4.69) is 16.7 Å². The molecule has 5 nitrogen and oxygen atoms in total. The van der Waals surface area contributed by atoms with Gasteiger partial charge in [-0.2, -0.15) is 0 Å². The van der Waals surface area contributed by atoms with Gasteiger partial charge < -0.3 is 15.7 Å². The molecule has 0 aromatic rings. The number of nitrogens with one attached hydrogen (secondary N) is 2. The van der Waals surface area contributed by atoms with E-state index in [1.54, 1.807) is 0 Å². The highest BCUT2D eigenvalue weighted by Crippen LogP contribution is 2.09. The van der Waals surface area contributed by atoms with Crippen molar-refractivity contribution in [1.29, 1.82) is 0 Å². The van der Waals surface area contributed by atoms with E-state index in [0.29, 0.717) is 0 Å². The Morgan fingerprint density at radius 1 is 1.47 bits per heavy atom. The highest BCUT2D eigenvalue weighted by Gasteiger charge is 2.17. The molecule has 0 saturated heterocycles. The molecule has 0 saturated carbocycles. The number of amides is 2. The van der Waals surface area contributed by atoms with Crippen molar-refractivity contribution in [1.82, 2.24) is 10.6 Å². The van der Waals surface area contributed by atoms with Gasteiger partial charge in [-0.05, 0) is 26.2 Å². The van der Waals surface area contributed by atoms with Crippen LogP contribution in [0.4, 0.5) is 4.79 Å². The summed E-state index contributed by atoms with van der Waals surface area (Å²) >= 11 is 0. The molecule has 1 aliphatic rings. The molecule has 0 aliphatic heterocycles. The second-order valence-corrected chi connectivity index (χ2v) is 3.66. The number of aliphatic carboxylic acids is 1. The summed E-state index contributed by atoms with van der Waals surface area (Å²) in [5.41, 5.74) is 0. The first-order valence-electron chi connectivity index (χ1n) is 5.04. The topological polar surface area (TPSA) is 78.4 Å². The lowest BCUT2D eigenvalue weighted by Gasteiger charge is -2.20. The van der Waals surface area contributed by atoms with E-state index in [9.17, 15) is 9.59 Å². The average Bonchev–Trinajstić information content (AvgIpc) is 2.18. The molecule has 0 heterocycles. The van der Waals surface area contributed by atoms with Crippen LogP contribution in [0.25, 0.3) is 0 Å². The summed E-state index contributed by atoms with van der Waals surface area (Å²) < 4.78 is 0. The minimum Gasteiger partial charge on any atom is -0.480 e.